The zero-order valence-corrected chi connectivity index (χ0v) is 16.0. The van der Waals surface area contributed by atoms with Crippen molar-refractivity contribution in [3.63, 3.8) is 0 Å². The van der Waals surface area contributed by atoms with Crippen molar-refractivity contribution in [2.24, 2.45) is 0 Å². The van der Waals surface area contributed by atoms with Gasteiger partial charge in [0.05, 0.1) is 0 Å². The van der Waals surface area contributed by atoms with Gasteiger partial charge in [0.15, 0.2) is 6.54 Å². The number of hydrogen-bond acceptors (Lipinski definition) is 2. The van der Waals surface area contributed by atoms with Crippen LogP contribution in [0.4, 0.5) is 5.69 Å². The smallest absolute Gasteiger partial charge is 0.282 e. The SMILES string of the molecule is O=C(C[N+]1(Cc2ccccc2)CCCCCO1)Nc1cccc2c1CCC2. The van der Waals surface area contributed by atoms with Gasteiger partial charge in [-0.2, -0.15) is 4.65 Å². The van der Waals surface area contributed by atoms with Gasteiger partial charge in [0.25, 0.3) is 5.91 Å². The number of carbonyl (C=O) groups is 1. The van der Waals surface area contributed by atoms with Gasteiger partial charge in [-0.05, 0) is 55.7 Å². The normalized spacial score (nSPS) is 22.1. The highest BCUT2D eigenvalue weighted by atomic mass is 16.7. The summed E-state index contributed by atoms with van der Waals surface area (Å²) in [6, 6.07) is 16.6. The highest BCUT2D eigenvalue weighted by molar-refractivity contribution is 5.92. The van der Waals surface area contributed by atoms with Gasteiger partial charge in [0.2, 0.25) is 0 Å². The van der Waals surface area contributed by atoms with Crippen LogP contribution in [0.5, 0.6) is 0 Å². The summed E-state index contributed by atoms with van der Waals surface area (Å²) in [6.45, 7) is 2.70. The molecule has 1 fully saturated rings. The molecule has 27 heavy (non-hydrogen) atoms. The number of anilines is 1. The molecule has 1 aliphatic heterocycles. The fourth-order valence-electron chi connectivity index (χ4n) is 4.41. The van der Waals surface area contributed by atoms with Crippen molar-refractivity contribution >= 4 is 11.6 Å². The molecule has 1 unspecified atom stereocenters. The first-order valence-corrected chi connectivity index (χ1v) is 10.2. The molecule has 0 radical (unpaired) electrons. The molecule has 2 aromatic rings. The number of fused-ring (bicyclic) bond motifs is 1. The van der Waals surface area contributed by atoms with Crippen molar-refractivity contribution in [1.29, 1.82) is 0 Å². The average Bonchev–Trinajstić information content (AvgIpc) is 3.05. The summed E-state index contributed by atoms with van der Waals surface area (Å²) < 4.78 is 0.394. The first-order chi connectivity index (χ1) is 13.2. The Morgan fingerprint density at radius 2 is 1.85 bits per heavy atom. The third kappa shape index (κ3) is 4.40. The van der Waals surface area contributed by atoms with E-state index in [1.54, 1.807) is 0 Å². The number of benzene rings is 2. The lowest BCUT2D eigenvalue weighted by atomic mass is 10.1. The molecule has 1 heterocycles. The Kier molecular flexibility index (Phi) is 5.55. The molecule has 0 aromatic heterocycles. The molecule has 0 saturated carbocycles. The second-order valence-corrected chi connectivity index (χ2v) is 7.82. The van der Waals surface area contributed by atoms with Crippen molar-refractivity contribution in [3.05, 3.63) is 65.2 Å². The Morgan fingerprint density at radius 1 is 0.963 bits per heavy atom. The Bertz CT molecular complexity index is 780. The molecule has 4 heteroatoms. The molecule has 2 aliphatic rings. The van der Waals surface area contributed by atoms with Gasteiger partial charge in [0, 0.05) is 11.3 Å². The lowest BCUT2D eigenvalue weighted by molar-refractivity contribution is -1.11. The number of carbonyl (C=O) groups excluding carboxylic acids is 1. The van der Waals surface area contributed by atoms with E-state index in [0.29, 0.717) is 11.2 Å². The number of nitrogens with one attached hydrogen (secondary N) is 1. The third-order valence-electron chi connectivity index (χ3n) is 5.74. The zero-order valence-electron chi connectivity index (χ0n) is 16.0. The van der Waals surface area contributed by atoms with Gasteiger partial charge in [-0.3, -0.25) is 4.79 Å². The number of amides is 1. The van der Waals surface area contributed by atoms with E-state index in [0.717, 1.165) is 51.1 Å². The minimum atomic E-state index is 0.0492. The maximum Gasteiger partial charge on any atom is 0.282 e. The first kappa shape index (κ1) is 18.2. The number of rotatable bonds is 5. The second kappa shape index (κ2) is 8.24. The van der Waals surface area contributed by atoms with Crippen LogP contribution in [0.3, 0.4) is 0 Å². The Morgan fingerprint density at radius 3 is 2.74 bits per heavy atom. The molecule has 142 valence electrons. The molecule has 1 aliphatic carbocycles. The van der Waals surface area contributed by atoms with Crippen molar-refractivity contribution in [2.45, 2.75) is 45.1 Å². The van der Waals surface area contributed by atoms with Gasteiger partial charge in [-0.25, -0.2) is 4.84 Å². The molecule has 0 spiro atoms. The summed E-state index contributed by atoms with van der Waals surface area (Å²) in [5.74, 6) is 0.0492. The van der Waals surface area contributed by atoms with Crippen molar-refractivity contribution < 1.29 is 14.3 Å². The zero-order chi connectivity index (χ0) is 18.5. The second-order valence-electron chi connectivity index (χ2n) is 7.82. The summed E-state index contributed by atoms with van der Waals surface area (Å²) in [7, 11) is 0. The molecule has 1 atom stereocenters. The monoisotopic (exact) mass is 365 g/mol. The number of quaternary nitrogens is 1. The van der Waals surface area contributed by atoms with Crippen LogP contribution < -0.4 is 5.32 Å². The lowest BCUT2D eigenvalue weighted by Crippen LogP contribution is -2.51. The van der Waals surface area contributed by atoms with E-state index >= 15 is 0 Å². The first-order valence-electron chi connectivity index (χ1n) is 10.2. The van der Waals surface area contributed by atoms with Crippen LogP contribution in [0.2, 0.25) is 0 Å². The topological polar surface area (TPSA) is 38.3 Å². The van der Waals surface area contributed by atoms with E-state index in [1.165, 1.54) is 29.5 Å². The number of hydrogen-bond donors (Lipinski definition) is 1. The molecular formula is C23H29N2O2+. The maximum atomic E-state index is 13.0. The largest absolute Gasteiger partial charge is 0.321 e. The van der Waals surface area contributed by atoms with Gasteiger partial charge in [-0.15, -0.1) is 0 Å². The van der Waals surface area contributed by atoms with Crippen molar-refractivity contribution in [2.75, 3.05) is 25.0 Å². The van der Waals surface area contributed by atoms with E-state index in [2.05, 4.69) is 41.7 Å². The van der Waals surface area contributed by atoms with Gasteiger partial charge < -0.3 is 5.32 Å². The number of aryl methyl sites for hydroxylation is 1. The molecule has 1 N–H and O–H groups in total. The highest BCUT2D eigenvalue weighted by Gasteiger charge is 2.35. The van der Waals surface area contributed by atoms with Crippen molar-refractivity contribution in [3.8, 4) is 0 Å². The Hall–Kier alpha value is -2.17. The average molecular weight is 365 g/mol. The van der Waals surface area contributed by atoms with E-state index in [1.807, 2.05) is 12.1 Å². The van der Waals surface area contributed by atoms with E-state index in [4.69, 9.17) is 4.84 Å². The quantitative estimate of drug-likeness (QED) is 0.805. The minimum Gasteiger partial charge on any atom is -0.321 e. The summed E-state index contributed by atoms with van der Waals surface area (Å²) >= 11 is 0. The summed E-state index contributed by atoms with van der Waals surface area (Å²) in [5.41, 5.74) is 4.90. The van der Waals surface area contributed by atoms with Gasteiger partial charge >= 0.3 is 0 Å². The predicted molar refractivity (Wildman–Crippen MR) is 107 cm³/mol. The maximum absolute atomic E-state index is 13.0. The van der Waals surface area contributed by atoms with Crippen LogP contribution in [0.15, 0.2) is 48.5 Å². The molecule has 2 aromatic carbocycles. The Labute approximate surface area is 161 Å². The predicted octanol–water partition coefficient (Wildman–Crippen LogP) is 4.25. The standard InChI is InChI=1S/C23H28N2O2/c26-23(24-22-14-8-12-20-11-7-13-21(20)22)18-25(15-5-2-6-16-27-25)17-19-9-3-1-4-10-19/h1,3-4,8-10,12,14H,2,5-7,11,13,15-18H2/p+1. The van der Waals surface area contributed by atoms with E-state index < -0.39 is 0 Å². The van der Waals surface area contributed by atoms with E-state index in [9.17, 15) is 4.79 Å². The minimum absolute atomic E-state index is 0.0492. The Balaban J connectivity index is 1.51. The highest BCUT2D eigenvalue weighted by Crippen LogP contribution is 2.29. The van der Waals surface area contributed by atoms with E-state index in [-0.39, 0.29) is 5.91 Å². The molecule has 1 saturated heterocycles. The summed E-state index contributed by atoms with van der Waals surface area (Å²) in [4.78, 5) is 19.3. The number of hydroxylamine groups is 3. The van der Waals surface area contributed by atoms with Crippen LogP contribution in [-0.4, -0.2) is 30.2 Å². The van der Waals surface area contributed by atoms with Gasteiger partial charge in [-0.1, -0.05) is 42.5 Å². The fraction of sp³-hybridized carbons (Fsp3) is 0.435. The van der Waals surface area contributed by atoms with Crippen LogP contribution in [0, 0.1) is 0 Å². The lowest BCUT2D eigenvalue weighted by Gasteiger charge is -2.34. The molecular weight excluding hydrogens is 336 g/mol. The molecule has 4 nitrogen and oxygen atoms in total. The fourth-order valence-corrected chi connectivity index (χ4v) is 4.41. The number of nitrogens with zero attached hydrogens (tertiary/aromatic N) is 1. The van der Waals surface area contributed by atoms with Gasteiger partial charge in [0.1, 0.15) is 19.7 Å². The molecule has 4 rings (SSSR count). The van der Waals surface area contributed by atoms with Crippen LogP contribution >= 0.6 is 0 Å². The van der Waals surface area contributed by atoms with Crippen LogP contribution in [-0.2, 0) is 29.0 Å². The third-order valence-corrected chi connectivity index (χ3v) is 5.74. The summed E-state index contributed by atoms with van der Waals surface area (Å²) in [6.07, 6.45) is 6.70. The summed E-state index contributed by atoms with van der Waals surface area (Å²) in [5, 5.41) is 3.19. The molecule has 0 bridgehead atoms. The van der Waals surface area contributed by atoms with Crippen LogP contribution in [0.1, 0.15) is 42.4 Å². The van der Waals surface area contributed by atoms with Crippen molar-refractivity contribution in [1.82, 2.24) is 0 Å². The molecule has 1 amide bonds. The van der Waals surface area contributed by atoms with Crippen LogP contribution in [0.25, 0.3) is 0 Å².